The SMILES string of the molecule is ClC(Cl)=C(c1cc(Br)[c]c(Br)c1)c1cc(Br)[c]c(Br)c1. The summed E-state index contributed by atoms with van der Waals surface area (Å²) in [7, 11) is 0. The van der Waals surface area contributed by atoms with Crippen molar-refractivity contribution in [1.82, 2.24) is 0 Å². The zero-order valence-electron chi connectivity index (χ0n) is 9.58. The van der Waals surface area contributed by atoms with E-state index >= 15 is 0 Å². The molecule has 2 aromatic rings. The van der Waals surface area contributed by atoms with E-state index in [1.165, 1.54) is 0 Å². The van der Waals surface area contributed by atoms with Crippen LogP contribution in [0, 0.1) is 12.1 Å². The second-order valence-electron chi connectivity index (χ2n) is 3.77. The van der Waals surface area contributed by atoms with Crippen LogP contribution in [0.25, 0.3) is 5.57 Å². The first-order chi connectivity index (χ1) is 9.36. The zero-order chi connectivity index (χ0) is 14.9. The highest BCUT2D eigenvalue weighted by molar-refractivity contribution is 9.11. The lowest BCUT2D eigenvalue weighted by atomic mass is 10.00. The molecule has 0 amide bonds. The summed E-state index contributed by atoms with van der Waals surface area (Å²) in [5, 5.41) is 0. The van der Waals surface area contributed by atoms with E-state index < -0.39 is 0 Å². The number of hydrogen-bond acceptors (Lipinski definition) is 0. The van der Waals surface area contributed by atoms with E-state index in [-0.39, 0.29) is 4.49 Å². The Morgan fingerprint density at radius 3 is 1.25 bits per heavy atom. The van der Waals surface area contributed by atoms with E-state index in [1.54, 1.807) is 0 Å². The summed E-state index contributed by atoms with van der Waals surface area (Å²) >= 11 is 25.8. The van der Waals surface area contributed by atoms with E-state index in [1.807, 2.05) is 24.3 Å². The topological polar surface area (TPSA) is 0 Å². The maximum absolute atomic E-state index is 6.09. The van der Waals surface area contributed by atoms with Crippen LogP contribution in [0.5, 0.6) is 0 Å². The van der Waals surface area contributed by atoms with Crippen LogP contribution in [0.4, 0.5) is 0 Å². The third-order valence-corrected chi connectivity index (χ3v) is 4.46. The van der Waals surface area contributed by atoms with Crippen molar-refractivity contribution in [2.75, 3.05) is 0 Å². The first-order valence-corrected chi connectivity index (χ1v) is 9.12. The van der Waals surface area contributed by atoms with Crippen LogP contribution in [0.3, 0.4) is 0 Å². The molecule has 2 aromatic carbocycles. The Hall–Kier alpha value is 0.680. The second kappa shape index (κ2) is 7.30. The van der Waals surface area contributed by atoms with Gasteiger partial charge in [0.15, 0.2) is 0 Å². The first kappa shape index (κ1) is 17.0. The summed E-state index contributed by atoms with van der Waals surface area (Å²) < 4.78 is 3.45. The van der Waals surface area contributed by atoms with Crippen molar-refractivity contribution >= 4 is 92.5 Å². The number of benzene rings is 2. The standard InChI is InChI=1S/C14H4Br4Cl2/c15-9-1-7(2-10(16)5-9)13(14(19)20)8-3-11(17)6-12(18)4-8/h1-4H. The van der Waals surface area contributed by atoms with Gasteiger partial charge in [-0.2, -0.15) is 0 Å². The van der Waals surface area contributed by atoms with Gasteiger partial charge in [0.2, 0.25) is 0 Å². The molecule has 0 aliphatic heterocycles. The molecule has 0 bridgehead atoms. The molecule has 6 heteroatoms. The van der Waals surface area contributed by atoms with E-state index in [0.717, 1.165) is 34.6 Å². The summed E-state index contributed by atoms with van der Waals surface area (Å²) in [5.41, 5.74) is 2.50. The molecule has 102 valence electrons. The molecule has 0 heterocycles. The third kappa shape index (κ3) is 4.34. The third-order valence-electron chi connectivity index (χ3n) is 2.37. The summed E-state index contributed by atoms with van der Waals surface area (Å²) in [6.07, 6.45) is 0. The van der Waals surface area contributed by atoms with Crippen LogP contribution in [-0.2, 0) is 0 Å². The van der Waals surface area contributed by atoms with E-state index in [2.05, 4.69) is 75.9 Å². The minimum atomic E-state index is 0.194. The minimum Gasteiger partial charge on any atom is -0.0702 e. The molecular formula is C14H4Br4Cl2. The molecule has 0 fully saturated rings. The van der Waals surface area contributed by atoms with Gasteiger partial charge in [0.1, 0.15) is 4.49 Å². The first-order valence-electron chi connectivity index (χ1n) is 5.19. The average Bonchev–Trinajstić information content (AvgIpc) is 2.25. The molecule has 20 heavy (non-hydrogen) atoms. The highest BCUT2D eigenvalue weighted by Gasteiger charge is 2.13. The fraction of sp³-hybridized carbons (Fsp3) is 0. The lowest BCUT2D eigenvalue weighted by Gasteiger charge is -2.11. The lowest BCUT2D eigenvalue weighted by molar-refractivity contribution is 1.47. The van der Waals surface area contributed by atoms with Crippen molar-refractivity contribution in [2.45, 2.75) is 0 Å². The molecule has 0 N–H and O–H groups in total. The fourth-order valence-corrected chi connectivity index (χ4v) is 4.48. The van der Waals surface area contributed by atoms with Gasteiger partial charge in [0.05, 0.1) is 0 Å². The number of rotatable bonds is 2. The predicted octanol–water partition coefficient (Wildman–Crippen LogP) is 7.53. The maximum Gasteiger partial charge on any atom is 0.115 e. The van der Waals surface area contributed by atoms with Gasteiger partial charge in [-0.05, 0) is 35.4 Å². The number of halogens is 6. The van der Waals surface area contributed by atoms with Crippen molar-refractivity contribution in [3.05, 3.63) is 69.9 Å². The normalized spacial score (nSPS) is 10.5. The van der Waals surface area contributed by atoms with Crippen molar-refractivity contribution in [3.8, 4) is 0 Å². The second-order valence-corrected chi connectivity index (χ2v) is 8.13. The van der Waals surface area contributed by atoms with Crippen LogP contribution in [0.1, 0.15) is 11.1 Å². The van der Waals surface area contributed by atoms with Gasteiger partial charge in [-0.25, -0.2) is 0 Å². The molecule has 0 aliphatic carbocycles. The Morgan fingerprint density at radius 2 is 1.00 bits per heavy atom. The van der Waals surface area contributed by atoms with Gasteiger partial charge in [-0.15, -0.1) is 0 Å². The van der Waals surface area contributed by atoms with Crippen LogP contribution in [0.15, 0.2) is 46.6 Å². The van der Waals surface area contributed by atoms with Crippen molar-refractivity contribution in [1.29, 1.82) is 0 Å². The average molecular weight is 563 g/mol. The largest absolute Gasteiger partial charge is 0.115 e. The fourth-order valence-electron chi connectivity index (χ4n) is 1.68. The van der Waals surface area contributed by atoms with E-state index in [9.17, 15) is 0 Å². The molecule has 0 unspecified atom stereocenters. The van der Waals surface area contributed by atoms with Gasteiger partial charge < -0.3 is 0 Å². The molecule has 0 nitrogen and oxygen atoms in total. The van der Waals surface area contributed by atoms with Gasteiger partial charge in [-0.1, -0.05) is 86.9 Å². The highest BCUT2D eigenvalue weighted by atomic mass is 79.9. The molecular weight excluding hydrogens is 559 g/mol. The Labute approximate surface area is 161 Å². The van der Waals surface area contributed by atoms with Crippen LogP contribution < -0.4 is 0 Å². The summed E-state index contributed by atoms with van der Waals surface area (Å²) in [6, 6.07) is 13.8. The smallest absolute Gasteiger partial charge is 0.0702 e. The molecule has 2 rings (SSSR count). The molecule has 0 saturated heterocycles. The van der Waals surface area contributed by atoms with Crippen LogP contribution in [-0.4, -0.2) is 0 Å². The van der Waals surface area contributed by atoms with Gasteiger partial charge in [0.25, 0.3) is 0 Å². The van der Waals surface area contributed by atoms with Gasteiger partial charge >= 0.3 is 0 Å². The molecule has 0 spiro atoms. The lowest BCUT2D eigenvalue weighted by Crippen LogP contribution is -1.91. The zero-order valence-corrected chi connectivity index (χ0v) is 17.4. The molecule has 2 radical (unpaired) electrons. The molecule has 0 atom stereocenters. The summed E-state index contributed by atoms with van der Waals surface area (Å²) in [4.78, 5) is 0. The monoisotopic (exact) mass is 558 g/mol. The van der Waals surface area contributed by atoms with Crippen molar-refractivity contribution in [2.24, 2.45) is 0 Å². The molecule has 0 aromatic heterocycles. The maximum atomic E-state index is 6.09. The quantitative estimate of drug-likeness (QED) is 0.355. The Kier molecular flexibility index (Phi) is 6.22. The molecule has 0 aliphatic rings. The van der Waals surface area contributed by atoms with E-state index in [4.69, 9.17) is 23.2 Å². The minimum absolute atomic E-state index is 0.194. The summed E-state index contributed by atoms with van der Waals surface area (Å²) in [5.74, 6) is 0. The number of hydrogen-bond donors (Lipinski definition) is 0. The van der Waals surface area contributed by atoms with Gasteiger partial charge in [-0.3, -0.25) is 0 Å². The summed E-state index contributed by atoms with van der Waals surface area (Å²) in [6.45, 7) is 0. The van der Waals surface area contributed by atoms with E-state index in [0.29, 0.717) is 0 Å². The van der Waals surface area contributed by atoms with Crippen LogP contribution >= 0.6 is 86.9 Å². The highest BCUT2D eigenvalue weighted by Crippen LogP contribution is 2.36. The molecule has 0 saturated carbocycles. The van der Waals surface area contributed by atoms with Crippen LogP contribution in [0.2, 0.25) is 0 Å². The van der Waals surface area contributed by atoms with Crippen molar-refractivity contribution in [3.63, 3.8) is 0 Å². The van der Waals surface area contributed by atoms with Crippen molar-refractivity contribution < 1.29 is 0 Å². The Morgan fingerprint density at radius 1 is 0.700 bits per heavy atom. The Balaban J connectivity index is 2.66. The predicted molar refractivity (Wildman–Crippen MR) is 99.1 cm³/mol. The van der Waals surface area contributed by atoms with Gasteiger partial charge in [0, 0.05) is 35.6 Å². The Bertz CT molecular complexity index is 598.